The van der Waals surface area contributed by atoms with E-state index in [0.29, 0.717) is 0 Å². The minimum Gasteiger partial charge on any atom is -0.168 e. The molecule has 0 saturated carbocycles. The van der Waals surface area contributed by atoms with Gasteiger partial charge in [0.15, 0.2) is 0 Å². The maximum Gasteiger partial charge on any atom is 0.0315 e. The Balaban J connectivity index is 4.02. The number of rotatable bonds is 1. The van der Waals surface area contributed by atoms with Gasteiger partial charge in [0.1, 0.15) is 0 Å². The standard InChI is InChI=1S/C5H13PS/c1-4(2)5(3,6)7/h4,7H,6H2,1-3H3/i4T. The summed E-state index contributed by atoms with van der Waals surface area (Å²) < 4.78 is 7.20. The molecule has 0 aliphatic rings. The maximum atomic E-state index is 7.49. The molecule has 2 atom stereocenters. The molecule has 0 spiro atoms. The van der Waals surface area contributed by atoms with Crippen molar-refractivity contribution in [1.29, 1.82) is 0 Å². The molecule has 0 aliphatic carbocycles. The summed E-state index contributed by atoms with van der Waals surface area (Å²) in [6.07, 6.45) is 0. The first kappa shape index (κ1) is 5.91. The zero-order valence-corrected chi connectivity index (χ0v) is 7.07. The van der Waals surface area contributed by atoms with Crippen LogP contribution in [0.25, 0.3) is 0 Å². The summed E-state index contributed by atoms with van der Waals surface area (Å²) in [5.74, 6) is -0.485. The fourth-order valence-corrected chi connectivity index (χ4v) is 0. The number of hydrogen-bond acceptors (Lipinski definition) is 1. The summed E-state index contributed by atoms with van der Waals surface area (Å²) in [5.41, 5.74) is 0. The number of hydrogen-bond donors (Lipinski definition) is 1. The lowest BCUT2D eigenvalue weighted by atomic mass is 10.1. The first-order valence-electron chi connectivity index (χ1n) is 2.76. The van der Waals surface area contributed by atoms with Gasteiger partial charge in [-0.15, -0.1) is 9.24 Å². The second kappa shape index (κ2) is 2.37. The Bertz CT molecular complexity index is 67.4. The third kappa shape index (κ3) is 3.37. The molecular formula is C5H13PS. The average molecular weight is 138 g/mol. The van der Waals surface area contributed by atoms with Crippen LogP contribution in [-0.4, -0.2) is 4.49 Å². The molecule has 0 aromatic heterocycles. The van der Waals surface area contributed by atoms with Crippen LogP contribution < -0.4 is 0 Å². The lowest BCUT2D eigenvalue weighted by Gasteiger charge is -2.21. The van der Waals surface area contributed by atoms with Crippen LogP contribution in [-0.2, 0) is 0 Å². The van der Waals surface area contributed by atoms with Crippen molar-refractivity contribution in [2.24, 2.45) is 5.89 Å². The first-order chi connectivity index (χ1) is 3.25. The van der Waals surface area contributed by atoms with Crippen molar-refractivity contribution in [1.82, 2.24) is 0 Å². The summed E-state index contributed by atoms with van der Waals surface area (Å²) in [7, 11) is 2.54. The second-order valence-electron chi connectivity index (χ2n) is 2.15. The molecule has 0 nitrogen and oxygen atoms in total. The van der Waals surface area contributed by atoms with Gasteiger partial charge in [-0.3, -0.25) is 0 Å². The van der Waals surface area contributed by atoms with Crippen molar-refractivity contribution in [3.8, 4) is 0 Å². The van der Waals surface area contributed by atoms with Crippen molar-refractivity contribution in [3.05, 3.63) is 0 Å². The Hall–Kier alpha value is 0.780. The normalized spacial score (nSPS) is 23.3. The first-order valence-corrected chi connectivity index (χ1v) is 3.29. The highest BCUT2D eigenvalue weighted by Crippen LogP contribution is 2.30. The smallest absolute Gasteiger partial charge is 0.0315 e. The molecule has 44 valence electrons. The monoisotopic (exact) mass is 138 g/mol. The average Bonchev–Trinajstić information content (AvgIpc) is 1.25. The Morgan fingerprint density at radius 1 is 1.86 bits per heavy atom. The van der Waals surface area contributed by atoms with Crippen molar-refractivity contribution in [2.75, 3.05) is 0 Å². The minimum absolute atomic E-state index is 0.285. The van der Waals surface area contributed by atoms with Gasteiger partial charge in [-0.2, -0.15) is 12.6 Å². The summed E-state index contributed by atoms with van der Waals surface area (Å²) in [5, 5.41) is 0. The van der Waals surface area contributed by atoms with Crippen LogP contribution in [0, 0.1) is 5.89 Å². The van der Waals surface area contributed by atoms with Crippen molar-refractivity contribution >= 4 is 21.9 Å². The van der Waals surface area contributed by atoms with Crippen LogP contribution in [0.4, 0.5) is 0 Å². The molecule has 0 heterocycles. The van der Waals surface area contributed by atoms with Crippen LogP contribution in [0.15, 0.2) is 0 Å². The summed E-state index contributed by atoms with van der Waals surface area (Å²) >= 11 is 4.21. The molecule has 2 heteroatoms. The molecule has 0 aromatic carbocycles. The van der Waals surface area contributed by atoms with Crippen molar-refractivity contribution in [3.63, 3.8) is 0 Å². The van der Waals surface area contributed by atoms with Gasteiger partial charge in [-0.1, -0.05) is 13.8 Å². The van der Waals surface area contributed by atoms with E-state index in [-0.39, 0.29) is 4.49 Å². The van der Waals surface area contributed by atoms with Crippen LogP contribution in [0.5, 0.6) is 0 Å². The molecule has 0 rings (SSSR count). The van der Waals surface area contributed by atoms with Gasteiger partial charge in [0.2, 0.25) is 0 Å². The number of thiol groups is 1. The Labute approximate surface area is 55.1 Å². The summed E-state index contributed by atoms with van der Waals surface area (Å²) in [6.45, 7) is 5.59. The molecular weight excluding hydrogens is 123 g/mol. The van der Waals surface area contributed by atoms with Gasteiger partial charge in [0.25, 0.3) is 0 Å². The van der Waals surface area contributed by atoms with E-state index in [4.69, 9.17) is 1.37 Å². The summed E-state index contributed by atoms with van der Waals surface area (Å²) in [6, 6.07) is 0. The molecule has 0 aromatic rings. The second-order valence-corrected chi connectivity index (χ2v) is 4.72. The lowest BCUT2D eigenvalue weighted by Crippen LogP contribution is -2.13. The van der Waals surface area contributed by atoms with E-state index in [0.717, 1.165) is 0 Å². The van der Waals surface area contributed by atoms with E-state index in [1.165, 1.54) is 0 Å². The third-order valence-corrected chi connectivity index (χ3v) is 2.04. The van der Waals surface area contributed by atoms with E-state index in [1.807, 2.05) is 20.8 Å². The quantitative estimate of drug-likeness (QED) is 0.416. The fraction of sp³-hybridized carbons (Fsp3) is 1.00. The van der Waals surface area contributed by atoms with E-state index in [9.17, 15) is 0 Å². The zero-order valence-electron chi connectivity index (χ0n) is 6.02. The van der Waals surface area contributed by atoms with Gasteiger partial charge in [-0.25, -0.2) is 0 Å². The highest BCUT2D eigenvalue weighted by Gasteiger charge is 2.15. The molecule has 0 saturated heterocycles. The van der Waals surface area contributed by atoms with Gasteiger partial charge in [-0.05, 0) is 12.8 Å². The predicted octanol–water partition coefficient (Wildman–Crippen LogP) is 2.16. The van der Waals surface area contributed by atoms with Gasteiger partial charge in [0, 0.05) is 5.86 Å². The molecule has 0 bridgehead atoms. The Morgan fingerprint density at radius 2 is 2.00 bits per heavy atom. The van der Waals surface area contributed by atoms with E-state index in [1.54, 1.807) is 0 Å². The highest BCUT2D eigenvalue weighted by atomic mass is 32.1. The van der Waals surface area contributed by atoms with Gasteiger partial charge >= 0.3 is 0 Å². The largest absolute Gasteiger partial charge is 0.168 e. The lowest BCUT2D eigenvalue weighted by molar-refractivity contribution is 0.608. The van der Waals surface area contributed by atoms with E-state index in [2.05, 4.69) is 21.9 Å². The van der Waals surface area contributed by atoms with E-state index >= 15 is 0 Å². The molecule has 0 N–H and O–H groups in total. The molecule has 7 heavy (non-hydrogen) atoms. The molecule has 0 fully saturated rings. The fourth-order valence-electron chi connectivity index (χ4n) is 0. The third-order valence-electron chi connectivity index (χ3n) is 1.01. The minimum atomic E-state index is -0.485. The van der Waals surface area contributed by atoms with Crippen molar-refractivity contribution in [2.45, 2.75) is 25.3 Å². The molecule has 0 amide bonds. The van der Waals surface area contributed by atoms with Gasteiger partial charge < -0.3 is 0 Å². The van der Waals surface area contributed by atoms with Crippen LogP contribution in [0.3, 0.4) is 0 Å². The molecule has 2 unspecified atom stereocenters. The maximum absolute atomic E-state index is 7.49. The predicted molar refractivity (Wildman–Crippen MR) is 41.9 cm³/mol. The SMILES string of the molecule is [3H]C(C)(C)C(C)(P)S. The Morgan fingerprint density at radius 3 is 2.00 bits per heavy atom. The summed E-state index contributed by atoms with van der Waals surface area (Å²) in [4.78, 5) is 0. The Kier molecular flexibility index (Phi) is 2.00. The van der Waals surface area contributed by atoms with E-state index < -0.39 is 5.89 Å². The topological polar surface area (TPSA) is 0 Å². The zero-order chi connectivity index (χ0) is 7.00. The van der Waals surface area contributed by atoms with Crippen LogP contribution in [0.2, 0.25) is 0 Å². The van der Waals surface area contributed by atoms with Crippen molar-refractivity contribution < 1.29 is 1.37 Å². The molecule has 0 radical (unpaired) electrons. The van der Waals surface area contributed by atoms with Crippen LogP contribution in [0.1, 0.15) is 22.1 Å². The van der Waals surface area contributed by atoms with Gasteiger partial charge in [0.05, 0.1) is 0 Å². The highest BCUT2D eigenvalue weighted by molar-refractivity contribution is 7.86. The molecule has 0 aliphatic heterocycles. The van der Waals surface area contributed by atoms with Crippen LogP contribution >= 0.6 is 21.9 Å².